The number of likely N-dealkylation sites (N-methyl/N-ethyl adjacent to an activating group) is 1. The molecule has 2 amide bonds. The molecule has 2 aromatic rings. The highest BCUT2D eigenvalue weighted by atomic mass is 35.5. The van der Waals surface area contributed by atoms with Crippen LogP contribution in [0.5, 0.6) is 0 Å². The Hall–Kier alpha value is -2.44. The van der Waals surface area contributed by atoms with E-state index in [4.69, 9.17) is 11.6 Å². The molecule has 0 spiro atoms. The van der Waals surface area contributed by atoms with E-state index in [1.807, 2.05) is 0 Å². The fourth-order valence-electron chi connectivity index (χ4n) is 2.37. The molecule has 2 rings (SSSR count). The predicted molar refractivity (Wildman–Crippen MR) is 101 cm³/mol. The third kappa shape index (κ3) is 6.13. The van der Waals surface area contributed by atoms with Crippen LogP contribution in [-0.4, -0.2) is 36.9 Å². The molecule has 0 aliphatic carbocycles. The molecule has 2 N–H and O–H groups in total. The maximum Gasteiger partial charge on any atom is 0.238 e. The fraction of sp³-hybridized carbons (Fsp3) is 0.263. The first-order valence-corrected chi connectivity index (χ1v) is 8.47. The van der Waals surface area contributed by atoms with Crippen LogP contribution in [0.3, 0.4) is 0 Å². The highest BCUT2D eigenvalue weighted by Crippen LogP contribution is 2.20. The average Bonchev–Trinajstić information content (AvgIpc) is 2.58. The van der Waals surface area contributed by atoms with E-state index < -0.39 is 0 Å². The molecule has 0 unspecified atom stereocenters. The van der Waals surface area contributed by atoms with Gasteiger partial charge in [0.25, 0.3) is 0 Å². The minimum atomic E-state index is -0.274. The summed E-state index contributed by atoms with van der Waals surface area (Å²) in [5.41, 5.74) is 1.88. The second-order valence-electron chi connectivity index (χ2n) is 6.06. The predicted octanol–water partition coefficient (Wildman–Crippen LogP) is 2.97. The standard InChI is InChI=1S/C19H21ClFN3O2/c1-13-9-14(7-8-16(13)21)10-22-18(25)11-24(2)12-19(26)23-17-6-4-3-5-15(17)20/h3-9H,10-12H2,1-2H3,(H,22,25)(H,23,26). The topological polar surface area (TPSA) is 61.4 Å². The lowest BCUT2D eigenvalue weighted by atomic mass is 10.1. The van der Waals surface area contributed by atoms with Gasteiger partial charge >= 0.3 is 0 Å². The summed E-state index contributed by atoms with van der Waals surface area (Å²) in [5, 5.41) is 5.91. The fourth-order valence-corrected chi connectivity index (χ4v) is 2.55. The summed E-state index contributed by atoms with van der Waals surface area (Å²) in [4.78, 5) is 25.6. The number of hydrogen-bond acceptors (Lipinski definition) is 3. The molecule has 0 saturated heterocycles. The number of hydrogen-bond donors (Lipinski definition) is 2. The Morgan fingerprint density at radius 3 is 2.50 bits per heavy atom. The van der Waals surface area contributed by atoms with E-state index in [-0.39, 0.29) is 30.7 Å². The Labute approximate surface area is 157 Å². The van der Waals surface area contributed by atoms with Gasteiger partial charge in [-0.3, -0.25) is 14.5 Å². The second-order valence-corrected chi connectivity index (χ2v) is 6.47. The van der Waals surface area contributed by atoms with Crippen molar-refractivity contribution in [3.63, 3.8) is 0 Å². The lowest BCUT2D eigenvalue weighted by Crippen LogP contribution is -2.38. The zero-order valence-electron chi connectivity index (χ0n) is 14.7. The van der Waals surface area contributed by atoms with Crippen LogP contribution in [0.25, 0.3) is 0 Å². The molecule has 0 bridgehead atoms. The number of nitrogens with zero attached hydrogens (tertiary/aromatic N) is 1. The molecule has 0 saturated carbocycles. The third-order valence-electron chi connectivity index (χ3n) is 3.69. The van der Waals surface area contributed by atoms with Gasteiger partial charge < -0.3 is 10.6 Å². The van der Waals surface area contributed by atoms with Gasteiger partial charge in [-0.05, 0) is 43.3 Å². The van der Waals surface area contributed by atoms with Crippen molar-refractivity contribution >= 4 is 29.1 Å². The number of anilines is 1. The Morgan fingerprint density at radius 2 is 1.81 bits per heavy atom. The second kappa shape index (κ2) is 9.31. The van der Waals surface area contributed by atoms with E-state index in [2.05, 4.69) is 10.6 Å². The number of halogens is 2. The zero-order chi connectivity index (χ0) is 19.1. The molecular weight excluding hydrogens is 357 g/mol. The normalized spacial score (nSPS) is 10.7. The first kappa shape index (κ1) is 19.9. The number of para-hydroxylation sites is 1. The minimum Gasteiger partial charge on any atom is -0.351 e. The van der Waals surface area contributed by atoms with Crippen LogP contribution in [0.2, 0.25) is 5.02 Å². The van der Waals surface area contributed by atoms with Gasteiger partial charge in [-0.15, -0.1) is 0 Å². The molecule has 7 heteroatoms. The van der Waals surface area contributed by atoms with E-state index in [9.17, 15) is 14.0 Å². The van der Waals surface area contributed by atoms with Crippen molar-refractivity contribution in [3.05, 3.63) is 64.4 Å². The van der Waals surface area contributed by atoms with E-state index in [0.717, 1.165) is 5.56 Å². The van der Waals surface area contributed by atoms with Gasteiger partial charge in [-0.25, -0.2) is 4.39 Å². The maximum absolute atomic E-state index is 13.2. The first-order chi connectivity index (χ1) is 12.3. The molecule has 2 aromatic carbocycles. The molecule has 0 fully saturated rings. The summed E-state index contributed by atoms with van der Waals surface area (Å²) >= 11 is 5.99. The van der Waals surface area contributed by atoms with Crippen LogP contribution in [0.1, 0.15) is 11.1 Å². The van der Waals surface area contributed by atoms with Gasteiger partial charge in [0.1, 0.15) is 5.82 Å². The number of carbonyl (C=O) groups excluding carboxylic acids is 2. The van der Waals surface area contributed by atoms with Crippen molar-refractivity contribution in [1.82, 2.24) is 10.2 Å². The summed E-state index contributed by atoms with van der Waals surface area (Å²) in [7, 11) is 1.67. The van der Waals surface area contributed by atoms with Crippen LogP contribution < -0.4 is 10.6 Å². The number of aryl methyl sites for hydroxylation is 1. The smallest absolute Gasteiger partial charge is 0.238 e. The highest BCUT2D eigenvalue weighted by Gasteiger charge is 2.12. The minimum absolute atomic E-state index is 0.0499. The van der Waals surface area contributed by atoms with Crippen molar-refractivity contribution in [2.75, 3.05) is 25.5 Å². The zero-order valence-corrected chi connectivity index (χ0v) is 15.4. The molecule has 0 aliphatic rings. The molecule has 5 nitrogen and oxygen atoms in total. The lowest BCUT2D eigenvalue weighted by Gasteiger charge is -2.16. The van der Waals surface area contributed by atoms with Gasteiger partial charge in [0.15, 0.2) is 0 Å². The summed E-state index contributed by atoms with van der Waals surface area (Å²) in [6.07, 6.45) is 0. The summed E-state index contributed by atoms with van der Waals surface area (Å²) in [6, 6.07) is 11.6. The highest BCUT2D eigenvalue weighted by molar-refractivity contribution is 6.33. The van der Waals surface area contributed by atoms with Crippen molar-refractivity contribution in [2.45, 2.75) is 13.5 Å². The SMILES string of the molecule is Cc1cc(CNC(=O)CN(C)CC(=O)Nc2ccccc2Cl)ccc1F. The molecule has 0 aliphatic heterocycles. The number of nitrogens with one attached hydrogen (secondary N) is 2. The molecule has 0 atom stereocenters. The number of rotatable bonds is 7. The van der Waals surface area contributed by atoms with E-state index >= 15 is 0 Å². The van der Waals surface area contributed by atoms with Crippen molar-refractivity contribution in [2.24, 2.45) is 0 Å². The van der Waals surface area contributed by atoms with Crippen LogP contribution in [0.15, 0.2) is 42.5 Å². The number of carbonyl (C=O) groups is 2. The van der Waals surface area contributed by atoms with Crippen LogP contribution in [-0.2, 0) is 16.1 Å². The van der Waals surface area contributed by atoms with Crippen LogP contribution >= 0.6 is 11.6 Å². The van der Waals surface area contributed by atoms with Crippen molar-refractivity contribution < 1.29 is 14.0 Å². The molecule has 0 radical (unpaired) electrons. The molecule has 0 aromatic heterocycles. The Bertz CT molecular complexity index is 798. The Kier molecular flexibility index (Phi) is 7.12. The van der Waals surface area contributed by atoms with Crippen LogP contribution in [0, 0.1) is 12.7 Å². The quantitative estimate of drug-likeness (QED) is 0.779. The number of amides is 2. The van der Waals surface area contributed by atoms with Gasteiger partial charge in [-0.2, -0.15) is 0 Å². The van der Waals surface area contributed by atoms with E-state index in [0.29, 0.717) is 22.8 Å². The first-order valence-electron chi connectivity index (χ1n) is 8.10. The summed E-state index contributed by atoms with van der Waals surface area (Å²) in [5.74, 6) is -0.757. The largest absolute Gasteiger partial charge is 0.351 e. The summed E-state index contributed by atoms with van der Waals surface area (Å²) < 4.78 is 13.2. The average molecular weight is 378 g/mol. The van der Waals surface area contributed by atoms with Gasteiger partial charge in [-0.1, -0.05) is 35.9 Å². The maximum atomic E-state index is 13.2. The monoisotopic (exact) mass is 377 g/mol. The van der Waals surface area contributed by atoms with Crippen LogP contribution in [0.4, 0.5) is 10.1 Å². The third-order valence-corrected chi connectivity index (χ3v) is 4.02. The molecule has 26 heavy (non-hydrogen) atoms. The van der Waals surface area contributed by atoms with Crippen molar-refractivity contribution in [3.8, 4) is 0 Å². The lowest BCUT2D eigenvalue weighted by molar-refractivity contribution is -0.123. The van der Waals surface area contributed by atoms with Gasteiger partial charge in [0.2, 0.25) is 11.8 Å². The van der Waals surface area contributed by atoms with Gasteiger partial charge in [0, 0.05) is 6.54 Å². The van der Waals surface area contributed by atoms with E-state index in [1.165, 1.54) is 6.07 Å². The number of benzene rings is 2. The van der Waals surface area contributed by atoms with Gasteiger partial charge in [0.05, 0.1) is 23.8 Å². The summed E-state index contributed by atoms with van der Waals surface area (Å²) in [6.45, 7) is 2.09. The molecule has 138 valence electrons. The van der Waals surface area contributed by atoms with Crippen molar-refractivity contribution in [1.29, 1.82) is 0 Å². The molecule has 0 heterocycles. The Balaban J connectivity index is 1.76. The molecular formula is C19H21ClFN3O2. The Morgan fingerprint density at radius 1 is 1.12 bits per heavy atom. The van der Waals surface area contributed by atoms with E-state index in [1.54, 1.807) is 55.3 Å².